The molecule has 1 aromatic carbocycles. The van der Waals surface area contributed by atoms with E-state index < -0.39 is 17.8 Å². The van der Waals surface area contributed by atoms with Gasteiger partial charge in [-0.15, -0.1) is 0 Å². The third kappa shape index (κ3) is 4.75. The molecule has 0 aliphatic carbocycles. The van der Waals surface area contributed by atoms with Gasteiger partial charge in [-0.3, -0.25) is 0 Å². The Bertz CT molecular complexity index is 352. The molecule has 17 heavy (non-hydrogen) atoms. The van der Waals surface area contributed by atoms with Gasteiger partial charge < -0.3 is 10.4 Å². The molecule has 5 heteroatoms. The van der Waals surface area contributed by atoms with Gasteiger partial charge >= 0.3 is 6.18 Å². The van der Waals surface area contributed by atoms with Crippen molar-refractivity contribution in [3.63, 3.8) is 0 Å². The first-order valence-electron chi connectivity index (χ1n) is 5.48. The maximum absolute atomic E-state index is 12.4. The molecule has 0 saturated heterocycles. The van der Waals surface area contributed by atoms with Crippen molar-refractivity contribution in [2.75, 3.05) is 6.54 Å². The van der Waals surface area contributed by atoms with E-state index in [2.05, 4.69) is 5.32 Å². The molecule has 0 radical (unpaired) electrons. The summed E-state index contributed by atoms with van der Waals surface area (Å²) < 4.78 is 37.2. The second-order valence-corrected chi connectivity index (χ2v) is 3.89. The topological polar surface area (TPSA) is 32.3 Å². The fourth-order valence-corrected chi connectivity index (χ4v) is 1.39. The number of hydrogen-bond acceptors (Lipinski definition) is 2. The fraction of sp³-hybridized carbons (Fsp3) is 0.500. The zero-order valence-corrected chi connectivity index (χ0v) is 9.59. The molecular weight excluding hydrogens is 231 g/mol. The molecule has 0 fully saturated rings. The number of aliphatic hydroxyl groups excluding tert-OH is 1. The summed E-state index contributed by atoms with van der Waals surface area (Å²) >= 11 is 0. The Morgan fingerprint density at radius 2 is 2.06 bits per heavy atom. The number of rotatable bonds is 5. The highest BCUT2D eigenvalue weighted by Gasteiger charge is 2.30. The number of nitrogens with one attached hydrogen (secondary N) is 1. The molecule has 0 amide bonds. The Balaban J connectivity index is 2.55. The van der Waals surface area contributed by atoms with E-state index in [0.717, 1.165) is 12.1 Å². The third-order valence-electron chi connectivity index (χ3n) is 2.43. The van der Waals surface area contributed by atoms with Gasteiger partial charge in [-0.1, -0.05) is 25.1 Å². The molecule has 1 aromatic rings. The van der Waals surface area contributed by atoms with Crippen molar-refractivity contribution in [2.24, 2.45) is 0 Å². The van der Waals surface area contributed by atoms with Gasteiger partial charge in [0.2, 0.25) is 0 Å². The first kappa shape index (κ1) is 14.0. The lowest BCUT2D eigenvalue weighted by Crippen LogP contribution is -2.25. The van der Waals surface area contributed by atoms with Crippen molar-refractivity contribution in [1.82, 2.24) is 5.32 Å². The van der Waals surface area contributed by atoms with Gasteiger partial charge in [0, 0.05) is 13.1 Å². The van der Waals surface area contributed by atoms with Gasteiger partial charge in [0.15, 0.2) is 0 Å². The largest absolute Gasteiger partial charge is 0.416 e. The van der Waals surface area contributed by atoms with E-state index in [1.807, 2.05) is 6.92 Å². The number of hydrogen-bond donors (Lipinski definition) is 2. The standard InChI is InChI=1S/C12H16F3NO/c1-2-11(17)8-16-7-9-4-3-5-10(6-9)12(13,14)15/h3-6,11,16-17H,2,7-8H2,1H3. The highest BCUT2D eigenvalue weighted by atomic mass is 19.4. The average Bonchev–Trinajstić information content (AvgIpc) is 2.28. The summed E-state index contributed by atoms with van der Waals surface area (Å²) in [6.45, 7) is 2.55. The van der Waals surface area contributed by atoms with E-state index in [4.69, 9.17) is 0 Å². The lowest BCUT2D eigenvalue weighted by atomic mass is 10.1. The molecule has 0 spiro atoms. The summed E-state index contributed by atoms with van der Waals surface area (Å²) in [6, 6.07) is 5.17. The molecule has 0 aromatic heterocycles. The van der Waals surface area contributed by atoms with Gasteiger partial charge in [0.05, 0.1) is 11.7 Å². The van der Waals surface area contributed by atoms with Crippen LogP contribution < -0.4 is 5.32 Å². The van der Waals surface area contributed by atoms with Crippen LogP contribution in [0.1, 0.15) is 24.5 Å². The first-order chi connectivity index (χ1) is 7.93. The molecule has 1 rings (SSSR count). The molecule has 0 heterocycles. The van der Waals surface area contributed by atoms with Crippen LogP contribution in [0.5, 0.6) is 0 Å². The summed E-state index contributed by atoms with van der Waals surface area (Å²) in [5, 5.41) is 12.2. The second-order valence-electron chi connectivity index (χ2n) is 3.89. The van der Waals surface area contributed by atoms with E-state index in [1.165, 1.54) is 6.07 Å². The Labute approximate surface area is 98.5 Å². The van der Waals surface area contributed by atoms with Crippen LogP contribution in [0, 0.1) is 0 Å². The Morgan fingerprint density at radius 3 is 2.65 bits per heavy atom. The smallest absolute Gasteiger partial charge is 0.392 e. The van der Waals surface area contributed by atoms with Crippen LogP contribution in [0.15, 0.2) is 24.3 Å². The van der Waals surface area contributed by atoms with Gasteiger partial charge in [-0.25, -0.2) is 0 Å². The fourth-order valence-electron chi connectivity index (χ4n) is 1.39. The van der Waals surface area contributed by atoms with Crippen molar-refractivity contribution in [2.45, 2.75) is 32.2 Å². The Hall–Kier alpha value is -1.07. The summed E-state index contributed by atoms with van der Waals surface area (Å²) in [7, 11) is 0. The zero-order valence-electron chi connectivity index (χ0n) is 9.59. The van der Waals surface area contributed by atoms with Gasteiger partial charge in [0.25, 0.3) is 0 Å². The van der Waals surface area contributed by atoms with Crippen molar-refractivity contribution in [3.8, 4) is 0 Å². The van der Waals surface area contributed by atoms with Crippen molar-refractivity contribution < 1.29 is 18.3 Å². The molecule has 1 atom stereocenters. The Morgan fingerprint density at radius 1 is 1.35 bits per heavy atom. The Kier molecular flexibility index (Phi) is 4.96. The van der Waals surface area contributed by atoms with Gasteiger partial charge in [-0.2, -0.15) is 13.2 Å². The van der Waals surface area contributed by atoms with E-state index >= 15 is 0 Å². The van der Waals surface area contributed by atoms with E-state index in [0.29, 0.717) is 25.1 Å². The summed E-state index contributed by atoms with van der Waals surface area (Å²) in [4.78, 5) is 0. The highest BCUT2D eigenvalue weighted by molar-refractivity contribution is 5.25. The number of halogens is 3. The summed E-state index contributed by atoms with van der Waals surface area (Å²) in [5.41, 5.74) is -0.0871. The lowest BCUT2D eigenvalue weighted by molar-refractivity contribution is -0.137. The molecule has 0 bridgehead atoms. The third-order valence-corrected chi connectivity index (χ3v) is 2.43. The second kappa shape index (κ2) is 6.02. The SMILES string of the molecule is CCC(O)CNCc1cccc(C(F)(F)F)c1. The lowest BCUT2D eigenvalue weighted by Gasteiger charge is -2.11. The highest BCUT2D eigenvalue weighted by Crippen LogP contribution is 2.29. The van der Waals surface area contributed by atoms with Crippen LogP contribution in [0.4, 0.5) is 13.2 Å². The normalized spacial score (nSPS) is 13.7. The van der Waals surface area contributed by atoms with Crippen LogP contribution >= 0.6 is 0 Å². The van der Waals surface area contributed by atoms with Gasteiger partial charge in [0.1, 0.15) is 0 Å². The number of alkyl halides is 3. The van der Waals surface area contributed by atoms with Crippen molar-refractivity contribution in [1.29, 1.82) is 0 Å². The van der Waals surface area contributed by atoms with Crippen LogP contribution in [-0.4, -0.2) is 17.8 Å². The predicted molar refractivity (Wildman–Crippen MR) is 59.4 cm³/mol. The van der Waals surface area contributed by atoms with E-state index in [9.17, 15) is 18.3 Å². The van der Waals surface area contributed by atoms with Crippen LogP contribution in [0.25, 0.3) is 0 Å². The zero-order chi connectivity index (χ0) is 12.9. The van der Waals surface area contributed by atoms with Crippen LogP contribution in [0.3, 0.4) is 0 Å². The molecule has 0 saturated carbocycles. The molecule has 2 N–H and O–H groups in total. The maximum Gasteiger partial charge on any atom is 0.416 e. The minimum atomic E-state index is -4.31. The summed E-state index contributed by atoms with van der Waals surface area (Å²) in [5.74, 6) is 0. The van der Waals surface area contributed by atoms with Crippen molar-refractivity contribution in [3.05, 3.63) is 35.4 Å². The maximum atomic E-state index is 12.4. The minimum Gasteiger partial charge on any atom is -0.392 e. The van der Waals surface area contributed by atoms with E-state index in [1.54, 1.807) is 6.07 Å². The summed E-state index contributed by atoms with van der Waals surface area (Å²) in [6.07, 6.45) is -4.14. The first-order valence-corrected chi connectivity index (χ1v) is 5.48. The number of benzene rings is 1. The monoisotopic (exact) mass is 247 g/mol. The molecule has 1 unspecified atom stereocenters. The van der Waals surface area contributed by atoms with Crippen LogP contribution in [0.2, 0.25) is 0 Å². The average molecular weight is 247 g/mol. The molecular formula is C12H16F3NO. The van der Waals surface area contributed by atoms with E-state index in [-0.39, 0.29) is 0 Å². The minimum absolute atomic E-state index is 0.320. The molecule has 0 aliphatic rings. The van der Waals surface area contributed by atoms with Gasteiger partial charge in [-0.05, 0) is 18.1 Å². The predicted octanol–water partition coefficient (Wildman–Crippen LogP) is 2.57. The quantitative estimate of drug-likeness (QED) is 0.838. The molecule has 96 valence electrons. The number of aliphatic hydroxyl groups is 1. The van der Waals surface area contributed by atoms with Crippen LogP contribution in [-0.2, 0) is 12.7 Å². The molecule has 0 aliphatic heterocycles. The molecule has 2 nitrogen and oxygen atoms in total. The van der Waals surface area contributed by atoms with Crippen molar-refractivity contribution >= 4 is 0 Å².